The molecule has 0 atom stereocenters. The van der Waals surface area contributed by atoms with Gasteiger partial charge in [-0.3, -0.25) is 4.98 Å². The molecular formula is C35H46BrN5O4SSi2. The molecule has 256 valence electrons. The summed E-state index contributed by atoms with van der Waals surface area (Å²) < 4.78 is 39.5. The lowest BCUT2D eigenvalue weighted by molar-refractivity contribution is 0.0941. The van der Waals surface area contributed by atoms with E-state index in [0.29, 0.717) is 38.7 Å². The Hall–Kier alpha value is -2.95. The molecule has 3 aromatic heterocycles. The largest absolute Gasteiger partial charge is 0.361 e. The standard InChI is InChI=1S/C35H46BrN5O4SSi2/c1-46(42,43)29-14-12-26(13-15-29)20-32-33(36)35(40(24-44-16-18-47(2,3)4)25-45-17-19-48(5,6)7)41-34(39-32)30(23-38-41)28-21-27-10-8-9-11-31(27)37-22-28/h8-15,21-23H,16-20,24-25H2,1-7H3. The average Bonchev–Trinajstić information content (AvgIpc) is 3.43. The van der Waals surface area contributed by atoms with Crippen LogP contribution in [0.5, 0.6) is 0 Å². The van der Waals surface area contributed by atoms with Crippen molar-refractivity contribution in [2.24, 2.45) is 0 Å². The van der Waals surface area contributed by atoms with Crippen LogP contribution < -0.4 is 4.90 Å². The van der Waals surface area contributed by atoms with E-state index in [1.54, 1.807) is 12.1 Å². The minimum absolute atomic E-state index is 0.286. The fraction of sp³-hybridized carbons (Fsp3) is 0.400. The Morgan fingerprint density at radius 1 is 0.875 bits per heavy atom. The van der Waals surface area contributed by atoms with Crippen LogP contribution in [0.15, 0.2) is 76.4 Å². The number of ether oxygens (including phenoxy) is 2. The molecule has 2 aromatic carbocycles. The summed E-state index contributed by atoms with van der Waals surface area (Å²) in [6, 6.07) is 19.2. The van der Waals surface area contributed by atoms with Crippen LogP contribution in [-0.2, 0) is 25.7 Å². The molecule has 0 bridgehead atoms. The molecule has 0 radical (unpaired) electrons. The average molecular weight is 769 g/mol. The molecule has 0 saturated carbocycles. The summed E-state index contributed by atoms with van der Waals surface area (Å²) in [7, 11) is -5.88. The summed E-state index contributed by atoms with van der Waals surface area (Å²) in [5, 5.41) is 5.90. The van der Waals surface area contributed by atoms with E-state index in [2.05, 4.69) is 72.2 Å². The van der Waals surface area contributed by atoms with Crippen LogP contribution in [0.4, 0.5) is 5.82 Å². The lowest BCUT2D eigenvalue weighted by Gasteiger charge is -2.28. The molecule has 0 N–H and O–H groups in total. The number of hydrogen-bond donors (Lipinski definition) is 0. The SMILES string of the molecule is C[Si](C)(C)CCOCN(COCC[Si](C)(C)C)c1c(Br)c(Cc2ccc(S(C)(=O)=O)cc2)nc2c(-c3cnc4ccccc4c3)cnn12. The quantitative estimate of drug-likeness (QED) is 0.0599. The zero-order chi connectivity index (χ0) is 34.7. The first-order valence-corrected chi connectivity index (χ1v) is 26.3. The van der Waals surface area contributed by atoms with Crippen LogP contribution in [0.1, 0.15) is 11.3 Å². The number of hydrogen-bond acceptors (Lipinski definition) is 8. The van der Waals surface area contributed by atoms with Crippen molar-refractivity contribution in [3.05, 3.63) is 82.7 Å². The second kappa shape index (κ2) is 14.9. The Morgan fingerprint density at radius 3 is 2.10 bits per heavy atom. The lowest BCUT2D eigenvalue weighted by atomic mass is 10.1. The van der Waals surface area contributed by atoms with Gasteiger partial charge in [-0.1, -0.05) is 69.6 Å². The fourth-order valence-corrected chi connectivity index (χ4v) is 7.92. The first-order chi connectivity index (χ1) is 22.6. The Kier molecular flexibility index (Phi) is 11.3. The summed E-state index contributed by atoms with van der Waals surface area (Å²) in [6.07, 6.45) is 5.39. The lowest BCUT2D eigenvalue weighted by Crippen LogP contribution is -2.33. The molecule has 9 nitrogen and oxygen atoms in total. The number of halogens is 1. The minimum atomic E-state index is -3.30. The predicted molar refractivity (Wildman–Crippen MR) is 204 cm³/mol. The summed E-state index contributed by atoms with van der Waals surface area (Å²) in [4.78, 5) is 12.2. The van der Waals surface area contributed by atoms with Crippen LogP contribution in [0, 0.1) is 0 Å². The number of sulfone groups is 1. The van der Waals surface area contributed by atoms with Crippen LogP contribution in [0.2, 0.25) is 51.4 Å². The fourth-order valence-electron chi connectivity index (χ4n) is 5.13. The molecule has 3 heterocycles. The molecule has 0 aliphatic rings. The van der Waals surface area contributed by atoms with Gasteiger partial charge in [0.1, 0.15) is 13.5 Å². The third-order valence-electron chi connectivity index (χ3n) is 8.05. The zero-order valence-corrected chi connectivity index (χ0v) is 33.4. The highest BCUT2D eigenvalue weighted by Gasteiger charge is 2.24. The van der Waals surface area contributed by atoms with Crippen LogP contribution >= 0.6 is 15.9 Å². The van der Waals surface area contributed by atoms with E-state index in [1.807, 2.05) is 47.2 Å². The predicted octanol–water partition coefficient (Wildman–Crippen LogP) is 8.13. The molecule has 48 heavy (non-hydrogen) atoms. The molecule has 0 aliphatic heterocycles. The van der Waals surface area contributed by atoms with Crippen molar-refractivity contribution < 1.29 is 17.9 Å². The minimum Gasteiger partial charge on any atom is -0.361 e. The van der Waals surface area contributed by atoms with Crippen molar-refractivity contribution in [1.82, 2.24) is 19.6 Å². The number of aromatic nitrogens is 4. The number of fused-ring (bicyclic) bond motifs is 2. The molecule has 13 heteroatoms. The van der Waals surface area contributed by atoms with Crippen LogP contribution in [-0.4, -0.2) is 77.1 Å². The van der Waals surface area contributed by atoms with E-state index in [-0.39, 0.29) is 4.90 Å². The molecular weight excluding hydrogens is 723 g/mol. The molecule has 0 amide bonds. The van der Waals surface area contributed by atoms with Gasteiger partial charge >= 0.3 is 0 Å². The van der Waals surface area contributed by atoms with Crippen molar-refractivity contribution in [2.45, 2.75) is 62.7 Å². The van der Waals surface area contributed by atoms with Crippen molar-refractivity contribution in [1.29, 1.82) is 0 Å². The summed E-state index contributed by atoms with van der Waals surface area (Å²) in [6.45, 7) is 16.1. The van der Waals surface area contributed by atoms with E-state index in [9.17, 15) is 8.42 Å². The maximum atomic E-state index is 12.1. The number of anilines is 1. The van der Waals surface area contributed by atoms with Gasteiger partial charge < -0.3 is 14.4 Å². The van der Waals surface area contributed by atoms with Crippen molar-refractivity contribution in [2.75, 3.05) is 37.8 Å². The molecule has 5 aromatic rings. The zero-order valence-electron chi connectivity index (χ0n) is 29.0. The van der Waals surface area contributed by atoms with Gasteiger partial charge in [0.25, 0.3) is 0 Å². The van der Waals surface area contributed by atoms with Gasteiger partial charge in [-0.15, -0.1) is 0 Å². The van der Waals surface area contributed by atoms with Gasteiger partial charge in [0, 0.05) is 64.7 Å². The van der Waals surface area contributed by atoms with E-state index in [0.717, 1.165) is 55.7 Å². The number of pyridine rings is 1. The maximum Gasteiger partial charge on any atom is 0.175 e. The van der Waals surface area contributed by atoms with E-state index in [1.165, 1.54) is 6.26 Å². The molecule has 5 rings (SSSR count). The number of rotatable bonds is 15. The van der Waals surface area contributed by atoms with E-state index in [4.69, 9.17) is 24.5 Å². The number of nitrogens with zero attached hydrogens (tertiary/aromatic N) is 5. The van der Waals surface area contributed by atoms with Crippen LogP contribution in [0.3, 0.4) is 0 Å². The van der Waals surface area contributed by atoms with Crippen LogP contribution in [0.25, 0.3) is 27.7 Å². The smallest absolute Gasteiger partial charge is 0.175 e. The van der Waals surface area contributed by atoms with Gasteiger partial charge in [-0.25, -0.2) is 13.4 Å². The van der Waals surface area contributed by atoms with Gasteiger partial charge in [-0.2, -0.15) is 9.61 Å². The molecule has 0 spiro atoms. The molecule has 0 aliphatic carbocycles. The Bertz CT molecular complexity index is 1970. The normalized spacial score (nSPS) is 12.7. The van der Waals surface area contributed by atoms with Gasteiger partial charge in [-0.05, 0) is 57.8 Å². The highest BCUT2D eigenvalue weighted by Crippen LogP contribution is 2.35. The maximum absolute atomic E-state index is 12.1. The first kappa shape index (κ1) is 36.3. The van der Waals surface area contributed by atoms with Crippen molar-refractivity contribution in [3.63, 3.8) is 0 Å². The summed E-state index contributed by atoms with van der Waals surface area (Å²) in [5.41, 5.74) is 5.09. The molecule has 0 fully saturated rings. The first-order valence-electron chi connectivity index (χ1n) is 16.2. The number of benzene rings is 2. The second-order valence-corrected chi connectivity index (χ2v) is 28.8. The van der Waals surface area contributed by atoms with Gasteiger partial charge in [0.15, 0.2) is 21.3 Å². The Labute approximate surface area is 294 Å². The Balaban J connectivity index is 1.60. The topological polar surface area (TPSA) is 98.9 Å². The third kappa shape index (κ3) is 9.39. The summed E-state index contributed by atoms with van der Waals surface area (Å²) >= 11 is 3.92. The van der Waals surface area contributed by atoms with Crippen molar-refractivity contribution in [3.8, 4) is 11.1 Å². The van der Waals surface area contributed by atoms with Crippen molar-refractivity contribution >= 4 is 64.3 Å². The highest BCUT2D eigenvalue weighted by molar-refractivity contribution is 9.10. The number of para-hydroxylation sites is 1. The van der Waals surface area contributed by atoms with E-state index < -0.39 is 26.0 Å². The third-order valence-corrected chi connectivity index (χ3v) is 13.4. The highest BCUT2D eigenvalue weighted by atomic mass is 79.9. The van der Waals surface area contributed by atoms with E-state index >= 15 is 0 Å². The molecule has 0 unspecified atom stereocenters. The summed E-state index contributed by atoms with van der Waals surface area (Å²) in [5.74, 6) is 0.781. The Morgan fingerprint density at radius 2 is 1.50 bits per heavy atom. The van der Waals surface area contributed by atoms with Gasteiger partial charge in [0.05, 0.1) is 26.8 Å². The molecule has 0 saturated heterocycles. The monoisotopic (exact) mass is 767 g/mol. The van der Waals surface area contributed by atoms with Gasteiger partial charge in [0.2, 0.25) is 0 Å². The second-order valence-electron chi connectivity index (χ2n) is 14.7.